The van der Waals surface area contributed by atoms with Crippen molar-refractivity contribution in [1.82, 2.24) is 10.6 Å². The van der Waals surface area contributed by atoms with Crippen molar-refractivity contribution in [3.05, 3.63) is 59.5 Å². The first-order valence-electron chi connectivity index (χ1n) is 8.67. The minimum absolute atomic E-state index is 0.0934. The number of nitrogens with one attached hydrogen (secondary N) is 2. The molecule has 0 aliphatic carbocycles. The summed E-state index contributed by atoms with van der Waals surface area (Å²) in [5.41, 5.74) is -1.11. The van der Waals surface area contributed by atoms with Gasteiger partial charge in [0.25, 0.3) is 0 Å². The van der Waals surface area contributed by atoms with Crippen molar-refractivity contribution in [3.8, 4) is 0 Å². The third-order valence-electron chi connectivity index (χ3n) is 3.93. The molecule has 0 saturated carbocycles. The van der Waals surface area contributed by atoms with E-state index < -0.39 is 17.3 Å². The van der Waals surface area contributed by atoms with E-state index >= 15 is 0 Å². The molecule has 5 nitrogen and oxygen atoms in total. The number of guanidine groups is 1. The van der Waals surface area contributed by atoms with E-state index in [4.69, 9.17) is 4.42 Å². The lowest BCUT2D eigenvalue weighted by atomic mass is 10.0. The molecular formula is C19H24F3N3O2. The average molecular weight is 383 g/mol. The third kappa shape index (κ3) is 6.32. The summed E-state index contributed by atoms with van der Waals surface area (Å²) in [4.78, 5) is 4.35. The number of rotatable bonds is 7. The van der Waals surface area contributed by atoms with E-state index in [1.807, 2.05) is 6.92 Å². The number of aliphatic imine (C=N–C) groups is 1. The first kappa shape index (κ1) is 20.8. The Hall–Kier alpha value is -2.48. The summed E-state index contributed by atoms with van der Waals surface area (Å²) in [5.74, 6) is 0.933. The van der Waals surface area contributed by atoms with Crippen LogP contribution in [0.4, 0.5) is 13.2 Å². The highest BCUT2D eigenvalue weighted by atomic mass is 19.4. The first-order valence-corrected chi connectivity index (χ1v) is 8.67. The van der Waals surface area contributed by atoms with Gasteiger partial charge in [0.15, 0.2) is 5.96 Å². The van der Waals surface area contributed by atoms with E-state index in [1.54, 1.807) is 19.1 Å². The molecule has 0 fully saturated rings. The SMILES string of the molecule is CCNC(=NCC(C)(O)c1ccco1)NCCc1ccc(C(F)(F)F)cc1. The van der Waals surface area contributed by atoms with Crippen molar-refractivity contribution in [2.45, 2.75) is 32.0 Å². The van der Waals surface area contributed by atoms with Gasteiger partial charge in [-0.3, -0.25) is 0 Å². The standard InChI is InChI=1S/C19H24F3N3O2/c1-3-23-17(25-13-18(2,26)16-5-4-12-27-16)24-11-10-14-6-8-15(9-7-14)19(20,21)22/h4-9,12,26H,3,10-11,13H2,1-2H3,(H2,23,24,25). The lowest BCUT2D eigenvalue weighted by Crippen LogP contribution is -2.39. The lowest BCUT2D eigenvalue weighted by Gasteiger charge is -2.19. The van der Waals surface area contributed by atoms with E-state index in [0.29, 0.717) is 31.2 Å². The molecule has 2 aromatic rings. The number of hydrogen-bond donors (Lipinski definition) is 3. The molecular weight excluding hydrogens is 359 g/mol. The highest BCUT2D eigenvalue weighted by Gasteiger charge is 2.30. The van der Waals surface area contributed by atoms with Crippen molar-refractivity contribution in [2.24, 2.45) is 4.99 Å². The molecule has 27 heavy (non-hydrogen) atoms. The van der Waals surface area contributed by atoms with Gasteiger partial charge in [-0.15, -0.1) is 0 Å². The van der Waals surface area contributed by atoms with Gasteiger partial charge in [0.05, 0.1) is 18.4 Å². The van der Waals surface area contributed by atoms with Crippen LogP contribution in [0, 0.1) is 0 Å². The highest BCUT2D eigenvalue weighted by Crippen LogP contribution is 2.29. The lowest BCUT2D eigenvalue weighted by molar-refractivity contribution is -0.137. The number of nitrogens with zero attached hydrogens (tertiary/aromatic N) is 1. The summed E-state index contributed by atoms with van der Waals surface area (Å²) in [6.07, 6.45) is -2.30. The van der Waals surface area contributed by atoms with Crippen LogP contribution in [0.2, 0.25) is 0 Å². The predicted molar refractivity (Wildman–Crippen MR) is 97.4 cm³/mol. The molecule has 0 saturated heterocycles. The third-order valence-corrected chi connectivity index (χ3v) is 3.93. The van der Waals surface area contributed by atoms with Gasteiger partial charge in [-0.1, -0.05) is 12.1 Å². The molecule has 0 aliphatic rings. The number of alkyl halides is 3. The highest BCUT2D eigenvalue weighted by molar-refractivity contribution is 5.79. The Morgan fingerprint density at radius 3 is 2.41 bits per heavy atom. The van der Waals surface area contributed by atoms with Crippen LogP contribution in [-0.2, 0) is 18.2 Å². The number of hydrogen-bond acceptors (Lipinski definition) is 3. The fourth-order valence-electron chi connectivity index (χ4n) is 2.42. The van der Waals surface area contributed by atoms with Crippen LogP contribution in [0.3, 0.4) is 0 Å². The second-order valence-corrected chi connectivity index (χ2v) is 6.32. The summed E-state index contributed by atoms with van der Waals surface area (Å²) in [7, 11) is 0. The van der Waals surface area contributed by atoms with Crippen LogP contribution in [0.5, 0.6) is 0 Å². The van der Waals surface area contributed by atoms with Gasteiger partial charge < -0.3 is 20.2 Å². The smallest absolute Gasteiger partial charge is 0.416 e. The first-order chi connectivity index (χ1) is 12.7. The van der Waals surface area contributed by atoms with Crippen molar-refractivity contribution in [3.63, 3.8) is 0 Å². The maximum absolute atomic E-state index is 12.6. The largest absolute Gasteiger partial charge is 0.466 e. The van der Waals surface area contributed by atoms with E-state index in [9.17, 15) is 18.3 Å². The molecule has 8 heteroatoms. The molecule has 148 valence electrons. The van der Waals surface area contributed by atoms with Gasteiger partial charge in [0, 0.05) is 13.1 Å². The zero-order valence-corrected chi connectivity index (χ0v) is 15.3. The number of furan rings is 1. The summed E-state index contributed by atoms with van der Waals surface area (Å²) < 4.78 is 43.0. The fraction of sp³-hybridized carbons (Fsp3) is 0.421. The molecule has 0 amide bonds. The molecule has 2 rings (SSSR count). The summed E-state index contributed by atoms with van der Waals surface area (Å²) >= 11 is 0. The fourth-order valence-corrected chi connectivity index (χ4v) is 2.42. The Balaban J connectivity index is 1.90. The van der Waals surface area contributed by atoms with Gasteiger partial charge in [-0.25, -0.2) is 4.99 Å². The van der Waals surface area contributed by atoms with Crippen LogP contribution in [0.25, 0.3) is 0 Å². The van der Waals surface area contributed by atoms with Gasteiger partial charge >= 0.3 is 6.18 Å². The minimum atomic E-state index is -4.33. The molecule has 1 atom stereocenters. The maximum Gasteiger partial charge on any atom is 0.416 e. The molecule has 0 bridgehead atoms. The molecule has 0 aliphatic heterocycles. The zero-order valence-electron chi connectivity index (χ0n) is 15.3. The predicted octanol–water partition coefficient (Wildman–Crippen LogP) is 3.30. The van der Waals surface area contributed by atoms with E-state index in [2.05, 4.69) is 15.6 Å². The summed E-state index contributed by atoms with van der Waals surface area (Å²) in [5, 5.41) is 16.6. The Bertz CT molecular complexity index is 724. The van der Waals surface area contributed by atoms with E-state index in [-0.39, 0.29) is 6.54 Å². The molecule has 1 aromatic heterocycles. The van der Waals surface area contributed by atoms with Crippen molar-refractivity contribution in [2.75, 3.05) is 19.6 Å². The average Bonchev–Trinajstić information content (AvgIpc) is 3.15. The molecule has 0 radical (unpaired) electrons. The Morgan fingerprint density at radius 1 is 1.15 bits per heavy atom. The van der Waals surface area contributed by atoms with E-state index in [0.717, 1.165) is 17.7 Å². The monoisotopic (exact) mass is 383 g/mol. The summed E-state index contributed by atoms with van der Waals surface area (Å²) in [6.45, 7) is 4.74. The van der Waals surface area contributed by atoms with Crippen LogP contribution in [0.15, 0.2) is 52.1 Å². The maximum atomic E-state index is 12.6. The number of halogens is 3. The molecule has 1 aromatic carbocycles. The molecule has 1 unspecified atom stereocenters. The number of aliphatic hydroxyl groups is 1. The van der Waals surface area contributed by atoms with Crippen LogP contribution >= 0.6 is 0 Å². The van der Waals surface area contributed by atoms with Gasteiger partial charge in [0.2, 0.25) is 0 Å². The molecule has 3 N–H and O–H groups in total. The zero-order chi connectivity index (χ0) is 19.9. The van der Waals surface area contributed by atoms with Crippen LogP contribution in [-0.4, -0.2) is 30.7 Å². The van der Waals surface area contributed by atoms with Gasteiger partial charge in [-0.2, -0.15) is 13.2 Å². The second kappa shape index (κ2) is 8.94. The van der Waals surface area contributed by atoms with Gasteiger partial charge in [-0.05, 0) is 50.1 Å². The molecule has 0 spiro atoms. The Labute approximate surface area is 156 Å². The van der Waals surface area contributed by atoms with Crippen molar-refractivity contribution < 1.29 is 22.7 Å². The number of benzene rings is 1. The second-order valence-electron chi connectivity index (χ2n) is 6.32. The minimum Gasteiger partial charge on any atom is -0.466 e. The van der Waals surface area contributed by atoms with Crippen molar-refractivity contribution in [1.29, 1.82) is 0 Å². The van der Waals surface area contributed by atoms with E-state index in [1.165, 1.54) is 18.4 Å². The molecule has 1 heterocycles. The van der Waals surface area contributed by atoms with Crippen molar-refractivity contribution >= 4 is 5.96 Å². The Kier molecular flexibility index (Phi) is 6.90. The van der Waals surface area contributed by atoms with Crippen LogP contribution < -0.4 is 10.6 Å². The summed E-state index contributed by atoms with van der Waals surface area (Å²) in [6, 6.07) is 8.47. The van der Waals surface area contributed by atoms with Crippen LogP contribution in [0.1, 0.15) is 30.7 Å². The Morgan fingerprint density at radius 2 is 1.85 bits per heavy atom. The topological polar surface area (TPSA) is 69.8 Å². The van der Waals surface area contributed by atoms with Gasteiger partial charge in [0.1, 0.15) is 11.4 Å². The normalized spacial score (nSPS) is 14.7. The quantitative estimate of drug-likeness (QED) is 0.507.